The zero-order valence-electron chi connectivity index (χ0n) is 9.60. The van der Waals surface area contributed by atoms with Crippen molar-refractivity contribution in [3.8, 4) is 0 Å². The third-order valence-electron chi connectivity index (χ3n) is 3.08. The zero-order valence-corrected chi connectivity index (χ0v) is 11.3. The highest BCUT2D eigenvalue weighted by Gasteiger charge is 2.29. The third kappa shape index (κ3) is 2.55. The van der Waals surface area contributed by atoms with Gasteiger partial charge in [0.05, 0.1) is 10.7 Å². The molecule has 0 radical (unpaired) electrons. The molecule has 1 nitrogen and oxygen atoms in total. The first kappa shape index (κ1) is 11.3. The summed E-state index contributed by atoms with van der Waals surface area (Å²) in [5.74, 6) is 1.57. The Kier molecular flexibility index (Phi) is 3.21. The number of benzene rings is 1. The van der Waals surface area contributed by atoms with Crippen LogP contribution in [0.25, 0.3) is 0 Å². The largest absolute Gasteiger partial charge is 0.245 e. The van der Waals surface area contributed by atoms with Gasteiger partial charge in [-0.15, -0.1) is 11.3 Å². The molecule has 1 fully saturated rings. The molecule has 0 aliphatic heterocycles. The van der Waals surface area contributed by atoms with Gasteiger partial charge in [-0.2, -0.15) is 12.6 Å². The summed E-state index contributed by atoms with van der Waals surface area (Å²) in [5.41, 5.74) is 2.67. The van der Waals surface area contributed by atoms with Gasteiger partial charge >= 0.3 is 0 Å². The van der Waals surface area contributed by atoms with Gasteiger partial charge in [-0.3, -0.25) is 0 Å². The molecule has 0 bridgehead atoms. The molecule has 2 aromatic rings. The van der Waals surface area contributed by atoms with Crippen LogP contribution in [0.5, 0.6) is 0 Å². The lowest BCUT2D eigenvalue weighted by atomic mass is 10.2. The Labute approximate surface area is 111 Å². The molecule has 1 aromatic carbocycles. The number of thiazole rings is 1. The van der Waals surface area contributed by atoms with Crippen LogP contribution in [0.1, 0.15) is 39.9 Å². The molecule has 1 aliphatic carbocycles. The summed E-state index contributed by atoms with van der Waals surface area (Å²) >= 11 is 6.25. The van der Waals surface area contributed by atoms with E-state index in [1.54, 1.807) is 0 Å². The molecule has 3 heteroatoms. The highest BCUT2D eigenvalue weighted by Crippen LogP contribution is 2.43. The topological polar surface area (TPSA) is 12.9 Å². The van der Waals surface area contributed by atoms with Crippen molar-refractivity contribution >= 4 is 24.0 Å². The number of rotatable bonds is 4. The Hall–Kier alpha value is -0.800. The molecule has 0 saturated heterocycles. The van der Waals surface area contributed by atoms with Gasteiger partial charge in [-0.25, -0.2) is 4.98 Å². The Balaban J connectivity index is 1.83. The monoisotopic (exact) mass is 261 g/mol. The lowest BCUT2D eigenvalue weighted by molar-refractivity contribution is 0.992. The first-order valence-electron chi connectivity index (χ1n) is 6.00. The zero-order chi connectivity index (χ0) is 11.7. The SMILES string of the molecule is SCc1sc(Cc2ccccc2)nc1C1CC1. The molecule has 1 aromatic heterocycles. The average molecular weight is 261 g/mol. The summed E-state index contributed by atoms with van der Waals surface area (Å²) in [6, 6.07) is 10.6. The molecular formula is C14H15NS2. The molecule has 17 heavy (non-hydrogen) atoms. The molecule has 1 heterocycles. The van der Waals surface area contributed by atoms with Crippen molar-refractivity contribution < 1.29 is 0 Å². The predicted octanol–water partition coefficient (Wildman–Crippen LogP) is 4.04. The first-order valence-corrected chi connectivity index (χ1v) is 7.45. The van der Waals surface area contributed by atoms with Crippen molar-refractivity contribution in [3.63, 3.8) is 0 Å². The van der Waals surface area contributed by atoms with Crippen molar-refractivity contribution in [1.29, 1.82) is 0 Å². The fourth-order valence-corrected chi connectivity index (χ4v) is 3.45. The Morgan fingerprint density at radius 3 is 2.65 bits per heavy atom. The third-order valence-corrected chi connectivity index (χ3v) is 4.68. The molecule has 3 rings (SSSR count). The molecule has 88 valence electrons. The van der Waals surface area contributed by atoms with Gasteiger partial charge in [-0.1, -0.05) is 30.3 Å². The van der Waals surface area contributed by atoms with Crippen molar-refractivity contribution in [3.05, 3.63) is 51.5 Å². The van der Waals surface area contributed by atoms with Crippen LogP contribution in [0.15, 0.2) is 30.3 Å². The van der Waals surface area contributed by atoms with Gasteiger partial charge in [0.1, 0.15) is 0 Å². The second kappa shape index (κ2) is 4.83. The summed E-state index contributed by atoms with van der Waals surface area (Å²) in [6.07, 6.45) is 3.59. The quantitative estimate of drug-likeness (QED) is 0.820. The van der Waals surface area contributed by atoms with E-state index in [2.05, 4.69) is 43.0 Å². The van der Waals surface area contributed by atoms with E-state index in [-0.39, 0.29) is 0 Å². The fourth-order valence-electron chi connectivity index (χ4n) is 2.05. The minimum Gasteiger partial charge on any atom is -0.245 e. The maximum Gasteiger partial charge on any atom is 0.0975 e. The Morgan fingerprint density at radius 1 is 1.24 bits per heavy atom. The van der Waals surface area contributed by atoms with Gasteiger partial charge in [0.2, 0.25) is 0 Å². The molecule has 1 saturated carbocycles. The fraction of sp³-hybridized carbons (Fsp3) is 0.357. The summed E-state index contributed by atoms with van der Waals surface area (Å²) in [6.45, 7) is 0. The molecule has 0 N–H and O–H groups in total. The van der Waals surface area contributed by atoms with E-state index in [4.69, 9.17) is 4.98 Å². The van der Waals surface area contributed by atoms with E-state index < -0.39 is 0 Å². The van der Waals surface area contributed by atoms with E-state index in [1.165, 1.54) is 34.0 Å². The molecule has 0 amide bonds. The van der Waals surface area contributed by atoms with Crippen LogP contribution < -0.4 is 0 Å². The number of nitrogens with zero attached hydrogens (tertiary/aromatic N) is 1. The van der Waals surface area contributed by atoms with E-state index in [0.29, 0.717) is 0 Å². The molecule has 0 unspecified atom stereocenters. The van der Waals surface area contributed by atoms with E-state index >= 15 is 0 Å². The number of hydrogen-bond acceptors (Lipinski definition) is 3. The smallest absolute Gasteiger partial charge is 0.0975 e. The van der Waals surface area contributed by atoms with Crippen molar-refractivity contribution in [2.75, 3.05) is 0 Å². The second-order valence-electron chi connectivity index (χ2n) is 4.51. The van der Waals surface area contributed by atoms with Crippen molar-refractivity contribution in [2.45, 2.75) is 30.9 Å². The van der Waals surface area contributed by atoms with Gasteiger partial charge in [-0.05, 0) is 18.4 Å². The van der Waals surface area contributed by atoms with Crippen LogP contribution >= 0.6 is 24.0 Å². The Morgan fingerprint density at radius 2 is 2.00 bits per heavy atom. The van der Waals surface area contributed by atoms with Crippen molar-refractivity contribution in [2.24, 2.45) is 0 Å². The Bertz CT molecular complexity index is 500. The van der Waals surface area contributed by atoms with E-state index in [1.807, 2.05) is 11.3 Å². The number of aromatic nitrogens is 1. The normalized spacial score (nSPS) is 15.1. The lowest BCUT2D eigenvalue weighted by Crippen LogP contribution is -1.88. The molecular weight excluding hydrogens is 246 g/mol. The molecule has 1 aliphatic rings. The van der Waals surface area contributed by atoms with Crippen LogP contribution in [0.2, 0.25) is 0 Å². The van der Waals surface area contributed by atoms with Gasteiger partial charge < -0.3 is 0 Å². The molecule has 0 atom stereocenters. The lowest BCUT2D eigenvalue weighted by Gasteiger charge is -1.96. The summed E-state index contributed by atoms with van der Waals surface area (Å²) in [5, 5.41) is 1.24. The molecule has 0 spiro atoms. The highest BCUT2D eigenvalue weighted by atomic mass is 32.1. The van der Waals surface area contributed by atoms with Crippen LogP contribution in [-0.2, 0) is 12.2 Å². The first-order chi connectivity index (χ1) is 8.36. The number of thiol groups is 1. The standard InChI is InChI=1S/C14H15NS2/c16-9-12-14(11-6-7-11)15-13(17-12)8-10-4-2-1-3-5-10/h1-5,11,16H,6-9H2. The van der Waals surface area contributed by atoms with Crippen LogP contribution in [0, 0.1) is 0 Å². The van der Waals surface area contributed by atoms with Crippen LogP contribution in [0.4, 0.5) is 0 Å². The van der Waals surface area contributed by atoms with Gasteiger partial charge in [0.15, 0.2) is 0 Å². The van der Waals surface area contributed by atoms with Crippen LogP contribution in [-0.4, -0.2) is 4.98 Å². The van der Waals surface area contributed by atoms with Gasteiger partial charge in [0, 0.05) is 23.0 Å². The maximum atomic E-state index is 4.81. The number of hydrogen-bond donors (Lipinski definition) is 1. The summed E-state index contributed by atoms with van der Waals surface area (Å²) < 4.78 is 0. The minimum atomic E-state index is 0.734. The second-order valence-corrected chi connectivity index (χ2v) is 6.00. The van der Waals surface area contributed by atoms with Crippen LogP contribution in [0.3, 0.4) is 0 Å². The van der Waals surface area contributed by atoms with E-state index in [9.17, 15) is 0 Å². The highest BCUT2D eigenvalue weighted by molar-refractivity contribution is 7.79. The average Bonchev–Trinajstić information content (AvgIpc) is 3.13. The van der Waals surface area contributed by atoms with E-state index in [0.717, 1.165) is 18.1 Å². The van der Waals surface area contributed by atoms with Crippen molar-refractivity contribution in [1.82, 2.24) is 4.98 Å². The van der Waals surface area contributed by atoms with Gasteiger partial charge in [0.25, 0.3) is 0 Å². The maximum absolute atomic E-state index is 4.81. The summed E-state index contributed by atoms with van der Waals surface area (Å²) in [7, 11) is 0. The predicted molar refractivity (Wildman–Crippen MR) is 76.0 cm³/mol. The minimum absolute atomic E-state index is 0.734. The summed E-state index contributed by atoms with van der Waals surface area (Å²) in [4.78, 5) is 6.18.